The highest BCUT2D eigenvalue weighted by Crippen LogP contribution is 2.29. The van der Waals surface area contributed by atoms with Crippen molar-refractivity contribution in [1.82, 2.24) is 9.97 Å². The molecule has 1 amide bonds. The zero-order chi connectivity index (χ0) is 19.4. The molecule has 0 saturated carbocycles. The molecule has 2 heterocycles. The van der Waals surface area contributed by atoms with Crippen LogP contribution in [0.15, 0.2) is 53.0 Å². The lowest BCUT2D eigenvalue weighted by Crippen LogP contribution is -2.15. The summed E-state index contributed by atoms with van der Waals surface area (Å²) in [7, 11) is 0. The van der Waals surface area contributed by atoms with Crippen molar-refractivity contribution in [1.29, 1.82) is 0 Å². The smallest absolute Gasteiger partial charge is 0.298 e. The van der Waals surface area contributed by atoms with Crippen molar-refractivity contribution >= 4 is 34.1 Å². The molecule has 0 radical (unpaired) electrons. The molecule has 0 fully saturated rings. The summed E-state index contributed by atoms with van der Waals surface area (Å²) in [4.78, 5) is 20.5. The summed E-state index contributed by atoms with van der Waals surface area (Å²) < 4.78 is 50.6. The first-order valence-corrected chi connectivity index (χ1v) is 9.36. The fraction of sp³-hybridized carbons (Fsp3) is 0.118. The minimum absolute atomic E-state index is 0.0192. The minimum Gasteiger partial charge on any atom is -0.298 e. The number of rotatable bonds is 5. The number of nitrogens with one attached hydrogen (secondary N) is 1. The van der Waals surface area contributed by atoms with E-state index in [4.69, 9.17) is 0 Å². The number of hydrogen-bond donors (Lipinski definition) is 1. The number of amides is 1. The number of aromatic nitrogens is 2. The zero-order valence-corrected chi connectivity index (χ0v) is 15.1. The van der Waals surface area contributed by atoms with Crippen LogP contribution in [0.3, 0.4) is 0 Å². The maximum absolute atomic E-state index is 13.3. The summed E-state index contributed by atoms with van der Waals surface area (Å²) in [6.07, 6.45) is -3.05. The number of halogens is 4. The molecule has 0 saturated heterocycles. The number of thiazole rings is 1. The molecule has 4 nitrogen and oxygen atoms in total. The molecule has 0 unspecified atom stereocenters. The van der Waals surface area contributed by atoms with Crippen molar-refractivity contribution in [3.63, 3.8) is 0 Å². The fourth-order valence-corrected chi connectivity index (χ4v) is 3.57. The quantitative estimate of drug-likeness (QED) is 0.459. The van der Waals surface area contributed by atoms with Gasteiger partial charge in [-0.15, -0.1) is 11.3 Å². The van der Waals surface area contributed by atoms with Gasteiger partial charge in [0.15, 0.2) is 5.13 Å². The molecule has 0 atom stereocenters. The molecule has 0 aliphatic rings. The van der Waals surface area contributed by atoms with E-state index in [-0.39, 0.29) is 15.7 Å². The van der Waals surface area contributed by atoms with Crippen LogP contribution >= 0.6 is 23.1 Å². The largest absolute Gasteiger partial charge is 0.398 e. The van der Waals surface area contributed by atoms with Crippen molar-refractivity contribution < 1.29 is 22.4 Å². The molecule has 3 aromatic rings. The highest BCUT2D eigenvalue weighted by atomic mass is 32.2. The van der Waals surface area contributed by atoms with Crippen LogP contribution < -0.4 is 5.32 Å². The predicted molar refractivity (Wildman–Crippen MR) is 96.5 cm³/mol. The van der Waals surface area contributed by atoms with Gasteiger partial charge in [0.2, 0.25) is 0 Å². The number of hydrogen-bond acceptors (Lipinski definition) is 5. The summed E-state index contributed by atoms with van der Waals surface area (Å²) in [6.45, 7) is 0. The van der Waals surface area contributed by atoms with Crippen molar-refractivity contribution in [2.24, 2.45) is 0 Å². The third-order valence-corrected chi connectivity index (χ3v) is 5.06. The summed E-state index contributed by atoms with van der Waals surface area (Å²) in [5, 5.41) is 4.41. The topological polar surface area (TPSA) is 54.9 Å². The Bertz CT molecular complexity index is 959. The Hall–Kier alpha value is -2.46. The molecule has 0 bridgehead atoms. The number of carbonyl (C=O) groups is 1. The highest BCUT2D eigenvalue weighted by Gasteiger charge is 2.28. The molecule has 1 aromatic carbocycles. The molecule has 27 heavy (non-hydrogen) atoms. The van der Waals surface area contributed by atoms with Gasteiger partial charge in [0, 0.05) is 17.1 Å². The van der Waals surface area contributed by atoms with Gasteiger partial charge in [-0.25, -0.2) is 14.4 Å². The number of anilines is 1. The summed E-state index contributed by atoms with van der Waals surface area (Å²) in [5.41, 5.74) is 1.05. The molecular formula is C17H11F4N3OS2. The van der Waals surface area contributed by atoms with Crippen LogP contribution in [-0.2, 0) is 0 Å². The van der Waals surface area contributed by atoms with Crippen LogP contribution in [0.2, 0.25) is 0 Å². The second-order valence-corrected chi connectivity index (χ2v) is 7.08. The van der Waals surface area contributed by atoms with E-state index < -0.39 is 23.7 Å². The van der Waals surface area contributed by atoms with E-state index in [9.17, 15) is 22.4 Å². The molecule has 10 heteroatoms. The Kier molecular flexibility index (Phi) is 5.76. The molecule has 140 valence electrons. The minimum atomic E-state index is -4.37. The Labute approximate surface area is 159 Å². The third-order valence-electron chi connectivity index (χ3n) is 3.23. The molecule has 0 spiro atoms. The maximum Gasteiger partial charge on any atom is 0.398 e. The van der Waals surface area contributed by atoms with E-state index in [2.05, 4.69) is 15.3 Å². The summed E-state index contributed by atoms with van der Waals surface area (Å²) in [5.74, 6) is -2.17. The Balaban J connectivity index is 1.75. The van der Waals surface area contributed by atoms with Gasteiger partial charge in [0.25, 0.3) is 5.91 Å². The lowest BCUT2D eigenvalue weighted by atomic mass is 10.2. The monoisotopic (exact) mass is 413 g/mol. The van der Waals surface area contributed by atoms with Crippen molar-refractivity contribution in [3.05, 3.63) is 59.4 Å². The van der Waals surface area contributed by atoms with Crippen molar-refractivity contribution in [3.8, 4) is 11.3 Å². The van der Waals surface area contributed by atoms with Crippen LogP contribution in [0.5, 0.6) is 0 Å². The number of benzene rings is 1. The van der Waals surface area contributed by atoms with Crippen LogP contribution in [0, 0.1) is 5.82 Å². The Morgan fingerprint density at radius 2 is 2.04 bits per heavy atom. The second-order valence-electron chi connectivity index (χ2n) is 5.26. The number of nitrogens with zero attached hydrogens (tertiary/aromatic N) is 2. The standard InChI is InChI=1S/C17H11F4N3OS2/c18-11-4-1-3-10(7-11)13-8-26-16(23-13)24-14(25)12-5-2-6-22-15(12)27-9-17(19,20)21/h1-8H,9H2,(H,23,24,25). The molecule has 0 aliphatic carbocycles. The van der Waals surface area contributed by atoms with E-state index in [1.54, 1.807) is 17.5 Å². The molecular weight excluding hydrogens is 402 g/mol. The summed E-state index contributed by atoms with van der Waals surface area (Å²) >= 11 is 1.56. The number of carbonyl (C=O) groups excluding carboxylic acids is 1. The van der Waals surface area contributed by atoms with Crippen LogP contribution in [-0.4, -0.2) is 27.8 Å². The number of alkyl halides is 3. The van der Waals surface area contributed by atoms with Gasteiger partial charge in [-0.3, -0.25) is 10.1 Å². The molecule has 1 N–H and O–H groups in total. The van der Waals surface area contributed by atoms with Gasteiger partial charge < -0.3 is 0 Å². The van der Waals surface area contributed by atoms with Gasteiger partial charge in [-0.05, 0) is 24.3 Å². The van der Waals surface area contributed by atoms with Crippen LogP contribution in [0.1, 0.15) is 10.4 Å². The molecule has 2 aromatic heterocycles. The molecule has 0 aliphatic heterocycles. The van der Waals surface area contributed by atoms with Crippen LogP contribution in [0.4, 0.5) is 22.7 Å². The van der Waals surface area contributed by atoms with E-state index >= 15 is 0 Å². The van der Waals surface area contributed by atoms with Gasteiger partial charge in [0.05, 0.1) is 17.0 Å². The predicted octanol–water partition coefficient (Wildman–Crippen LogP) is 5.25. The third kappa shape index (κ3) is 5.27. The van der Waals surface area contributed by atoms with E-state index in [1.807, 2.05) is 0 Å². The van der Waals surface area contributed by atoms with Gasteiger partial charge >= 0.3 is 6.18 Å². The van der Waals surface area contributed by atoms with Crippen LogP contribution in [0.25, 0.3) is 11.3 Å². The van der Waals surface area contributed by atoms with Gasteiger partial charge in [-0.1, -0.05) is 23.9 Å². The normalized spacial score (nSPS) is 11.4. The first-order chi connectivity index (χ1) is 12.8. The van der Waals surface area contributed by atoms with E-state index in [0.717, 1.165) is 11.3 Å². The average Bonchev–Trinajstić information content (AvgIpc) is 3.08. The fourth-order valence-electron chi connectivity index (χ4n) is 2.10. The second kappa shape index (κ2) is 8.05. The summed E-state index contributed by atoms with van der Waals surface area (Å²) in [6, 6.07) is 8.70. The average molecular weight is 413 g/mol. The van der Waals surface area contributed by atoms with Crippen molar-refractivity contribution in [2.45, 2.75) is 11.2 Å². The SMILES string of the molecule is O=C(Nc1nc(-c2cccc(F)c2)cs1)c1cccnc1SCC(F)(F)F. The Morgan fingerprint density at radius 3 is 2.78 bits per heavy atom. The van der Waals surface area contributed by atoms with Gasteiger partial charge in [-0.2, -0.15) is 13.2 Å². The Morgan fingerprint density at radius 1 is 1.22 bits per heavy atom. The first-order valence-electron chi connectivity index (χ1n) is 7.49. The van der Waals surface area contributed by atoms with E-state index in [0.29, 0.717) is 23.0 Å². The number of thioether (sulfide) groups is 1. The lowest BCUT2D eigenvalue weighted by molar-refractivity contribution is -0.105. The number of pyridine rings is 1. The lowest BCUT2D eigenvalue weighted by Gasteiger charge is -2.09. The highest BCUT2D eigenvalue weighted by molar-refractivity contribution is 7.99. The zero-order valence-electron chi connectivity index (χ0n) is 13.5. The van der Waals surface area contributed by atoms with Crippen molar-refractivity contribution in [2.75, 3.05) is 11.1 Å². The maximum atomic E-state index is 13.3. The molecule has 3 rings (SSSR count). The van der Waals surface area contributed by atoms with E-state index in [1.165, 1.54) is 30.5 Å². The first kappa shape index (κ1) is 19.3. The van der Waals surface area contributed by atoms with Gasteiger partial charge in [0.1, 0.15) is 10.8 Å².